The molecule has 0 aliphatic heterocycles. The van der Waals surface area contributed by atoms with Crippen LogP contribution in [0.25, 0.3) is 0 Å². The first-order valence-electron chi connectivity index (χ1n) is 22.7. The van der Waals surface area contributed by atoms with Gasteiger partial charge in [0.15, 0.2) is 0 Å². The van der Waals surface area contributed by atoms with Crippen LogP contribution in [0.3, 0.4) is 0 Å². The number of unbranched alkanes of at least 4 members (excludes halogenated alkanes) is 22. The summed E-state index contributed by atoms with van der Waals surface area (Å²) in [6.07, 6.45) is 46.3. The standard InChI is InChI=1S/C47H87NO5/c1-4-7-10-13-16-19-22-24-26-29-32-35-38-43(53-47(52)40-37-34-31-28-25-23-20-17-14-11-8-5-2)41-46(51)48-44(42-49)45(50)39-36-33-30-27-21-18-15-12-9-6-3/h7,10,16,19,24,26,43-45,49-50H,4-6,8-9,11-15,17-18,20-23,25,27-42H2,1-3H3,(H,48,51)/b10-7+,19-16+,26-24+. The van der Waals surface area contributed by atoms with Gasteiger partial charge >= 0.3 is 5.97 Å². The number of aliphatic hydroxyl groups is 2. The third-order valence-corrected chi connectivity index (χ3v) is 10.2. The van der Waals surface area contributed by atoms with Crippen molar-refractivity contribution in [3.8, 4) is 0 Å². The smallest absolute Gasteiger partial charge is 0.306 e. The first-order valence-corrected chi connectivity index (χ1v) is 22.7. The Morgan fingerprint density at radius 1 is 0.566 bits per heavy atom. The predicted molar refractivity (Wildman–Crippen MR) is 227 cm³/mol. The molecule has 0 spiro atoms. The minimum absolute atomic E-state index is 0.0543. The second-order valence-corrected chi connectivity index (χ2v) is 15.4. The lowest BCUT2D eigenvalue weighted by molar-refractivity contribution is -0.151. The van der Waals surface area contributed by atoms with Crippen molar-refractivity contribution in [2.45, 2.75) is 244 Å². The highest BCUT2D eigenvalue weighted by atomic mass is 16.5. The zero-order valence-corrected chi connectivity index (χ0v) is 35.1. The first-order chi connectivity index (χ1) is 26.0. The number of amides is 1. The van der Waals surface area contributed by atoms with Gasteiger partial charge in [0.1, 0.15) is 6.10 Å². The second kappa shape index (κ2) is 41.2. The van der Waals surface area contributed by atoms with Gasteiger partial charge in [-0.1, -0.05) is 192 Å². The van der Waals surface area contributed by atoms with Crippen LogP contribution < -0.4 is 5.32 Å². The van der Waals surface area contributed by atoms with Crippen LogP contribution in [0.5, 0.6) is 0 Å². The minimum atomic E-state index is -0.792. The largest absolute Gasteiger partial charge is 0.462 e. The summed E-state index contributed by atoms with van der Waals surface area (Å²) in [5, 5.41) is 23.6. The number of esters is 1. The summed E-state index contributed by atoms with van der Waals surface area (Å²) in [5.41, 5.74) is 0. The molecule has 3 unspecified atom stereocenters. The van der Waals surface area contributed by atoms with E-state index in [-0.39, 0.29) is 24.9 Å². The molecule has 0 aliphatic rings. The summed E-state index contributed by atoms with van der Waals surface area (Å²) < 4.78 is 5.88. The molecule has 0 aliphatic carbocycles. The molecule has 0 fully saturated rings. The van der Waals surface area contributed by atoms with Crippen molar-refractivity contribution < 1.29 is 24.5 Å². The summed E-state index contributed by atoms with van der Waals surface area (Å²) >= 11 is 0. The van der Waals surface area contributed by atoms with E-state index in [9.17, 15) is 19.8 Å². The van der Waals surface area contributed by atoms with Gasteiger partial charge in [0.05, 0.1) is 25.2 Å². The van der Waals surface area contributed by atoms with Crippen molar-refractivity contribution in [2.24, 2.45) is 0 Å². The van der Waals surface area contributed by atoms with Crippen LogP contribution in [0.15, 0.2) is 36.5 Å². The van der Waals surface area contributed by atoms with Crippen LogP contribution >= 0.6 is 0 Å². The predicted octanol–water partition coefficient (Wildman–Crippen LogP) is 12.9. The molecule has 0 bridgehead atoms. The summed E-state index contributed by atoms with van der Waals surface area (Å²) in [5.74, 6) is -0.509. The van der Waals surface area contributed by atoms with Crippen molar-refractivity contribution in [3.63, 3.8) is 0 Å². The van der Waals surface area contributed by atoms with Crippen molar-refractivity contribution in [1.29, 1.82) is 0 Å². The highest BCUT2D eigenvalue weighted by Crippen LogP contribution is 2.17. The summed E-state index contributed by atoms with van der Waals surface area (Å²) in [7, 11) is 0. The van der Waals surface area contributed by atoms with Crippen LogP contribution in [0.4, 0.5) is 0 Å². The quantitative estimate of drug-likeness (QED) is 0.0330. The maximum atomic E-state index is 13.1. The molecular formula is C47H87NO5. The Hall–Kier alpha value is -1.92. The molecule has 6 heteroatoms. The highest BCUT2D eigenvalue weighted by molar-refractivity contribution is 5.77. The van der Waals surface area contributed by atoms with Crippen LogP contribution in [0.1, 0.15) is 226 Å². The molecule has 3 atom stereocenters. The average molecular weight is 746 g/mol. The molecular weight excluding hydrogens is 659 g/mol. The molecule has 0 saturated heterocycles. The van der Waals surface area contributed by atoms with Gasteiger partial charge in [-0.15, -0.1) is 0 Å². The highest BCUT2D eigenvalue weighted by Gasteiger charge is 2.24. The molecule has 3 N–H and O–H groups in total. The lowest BCUT2D eigenvalue weighted by atomic mass is 10.0. The molecule has 6 nitrogen and oxygen atoms in total. The van der Waals surface area contributed by atoms with Gasteiger partial charge in [0, 0.05) is 6.42 Å². The van der Waals surface area contributed by atoms with E-state index < -0.39 is 18.2 Å². The summed E-state index contributed by atoms with van der Waals surface area (Å²) in [6.45, 7) is 6.33. The topological polar surface area (TPSA) is 95.9 Å². The van der Waals surface area contributed by atoms with Crippen LogP contribution in [0, 0.1) is 0 Å². The molecule has 0 saturated carbocycles. The van der Waals surface area contributed by atoms with Crippen LogP contribution in [-0.2, 0) is 14.3 Å². The first kappa shape index (κ1) is 51.1. The Bertz CT molecular complexity index is 884. The average Bonchev–Trinajstić information content (AvgIpc) is 3.15. The zero-order chi connectivity index (χ0) is 38.9. The number of rotatable bonds is 40. The maximum absolute atomic E-state index is 13.1. The number of ether oxygens (including phenoxy) is 1. The van der Waals surface area contributed by atoms with Gasteiger partial charge in [-0.25, -0.2) is 0 Å². The number of carbonyl (C=O) groups excluding carboxylic acids is 2. The number of hydrogen-bond donors (Lipinski definition) is 3. The van der Waals surface area contributed by atoms with Gasteiger partial charge < -0.3 is 20.3 Å². The molecule has 0 aromatic heterocycles. The van der Waals surface area contributed by atoms with Gasteiger partial charge in [-0.05, 0) is 57.8 Å². The van der Waals surface area contributed by atoms with E-state index in [1.165, 1.54) is 103 Å². The van der Waals surface area contributed by atoms with E-state index in [0.29, 0.717) is 19.3 Å². The van der Waals surface area contributed by atoms with Gasteiger partial charge in [0.25, 0.3) is 0 Å². The lowest BCUT2D eigenvalue weighted by Crippen LogP contribution is -2.46. The van der Waals surface area contributed by atoms with E-state index >= 15 is 0 Å². The fourth-order valence-electron chi connectivity index (χ4n) is 6.80. The minimum Gasteiger partial charge on any atom is -0.462 e. The number of allylic oxidation sites excluding steroid dienone is 6. The molecule has 0 radical (unpaired) electrons. The number of hydrogen-bond acceptors (Lipinski definition) is 5. The normalized spacial score (nSPS) is 13.7. The molecule has 1 amide bonds. The van der Waals surface area contributed by atoms with Crippen molar-refractivity contribution in [2.75, 3.05) is 6.61 Å². The fraction of sp³-hybridized carbons (Fsp3) is 0.830. The molecule has 0 aromatic rings. The lowest BCUT2D eigenvalue weighted by Gasteiger charge is -2.24. The Labute approximate surface area is 328 Å². The number of aliphatic hydroxyl groups excluding tert-OH is 2. The molecule has 0 aromatic carbocycles. The van der Waals surface area contributed by atoms with E-state index in [4.69, 9.17) is 4.74 Å². The van der Waals surface area contributed by atoms with Crippen LogP contribution in [-0.4, -0.2) is 46.9 Å². The summed E-state index contributed by atoms with van der Waals surface area (Å²) in [6, 6.07) is -0.708. The monoisotopic (exact) mass is 746 g/mol. The van der Waals surface area contributed by atoms with Gasteiger partial charge in [-0.3, -0.25) is 9.59 Å². The SMILES string of the molecule is CC/C=C/C/C=C/C/C=C/CCCCC(CC(=O)NC(CO)C(O)CCCCCCCCCCCC)OC(=O)CCCCCCCCCCCCCC. The Morgan fingerprint density at radius 2 is 1.02 bits per heavy atom. The second-order valence-electron chi connectivity index (χ2n) is 15.4. The van der Waals surface area contributed by atoms with Crippen molar-refractivity contribution >= 4 is 11.9 Å². The van der Waals surface area contributed by atoms with Crippen LogP contribution in [0.2, 0.25) is 0 Å². The molecule has 53 heavy (non-hydrogen) atoms. The van der Waals surface area contributed by atoms with E-state index in [0.717, 1.165) is 77.0 Å². The van der Waals surface area contributed by atoms with E-state index in [1.54, 1.807) is 0 Å². The van der Waals surface area contributed by atoms with E-state index in [1.807, 2.05) is 0 Å². The van der Waals surface area contributed by atoms with Crippen molar-refractivity contribution in [3.05, 3.63) is 36.5 Å². The fourth-order valence-corrected chi connectivity index (χ4v) is 6.80. The third-order valence-electron chi connectivity index (χ3n) is 10.2. The van der Waals surface area contributed by atoms with E-state index in [2.05, 4.69) is 62.5 Å². The van der Waals surface area contributed by atoms with Crippen molar-refractivity contribution in [1.82, 2.24) is 5.32 Å². The summed E-state index contributed by atoms with van der Waals surface area (Å²) in [4.78, 5) is 25.9. The molecule has 310 valence electrons. The molecule has 0 heterocycles. The number of carbonyl (C=O) groups is 2. The number of nitrogens with one attached hydrogen (secondary N) is 1. The zero-order valence-electron chi connectivity index (χ0n) is 35.1. The third kappa shape index (κ3) is 36.8. The van der Waals surface area contributed by atoms with Gasteiger partial charge in [-0.2, -0.15) is 0 Å². The Morgan fingerprint density at radius 3 is 1.53 bits per heavy atom. The molecule has 0 rings (SSSR count). The maximum Gasteiger partial charge on any atom is 0.306 e. The van der Waals surface area contributed by atoms with Gasteiger partial charge in [0.2, 0.25) is 5.91 Å². The Balaban J connectivity index is 4.64. The Kier molecular flexibility index (Phi) is 39.8.